The summed E-state index contributed by atoms with van der Waals surface area (Å²) in [4.78, 5) is 48.4. The van der Waals surface area contributed by atoms with E-state index in [-0.39, 0.29) is 23.7 Å². The third-order valence-electron chi connectivity index (χ3n) is 5.07. The van der Waals surface area contributed by atoms with Crippen LogP contribution in [0.3, 0.4) is 0 Å². The Morgan fingerprint density at radius 1 is 1.41 bits per heavy atom. The number of rotatable bonds is 10. The van der Waals surface area contributed by atoms with Crippen LogP contribution in [0.2, 0.25) is 0 Å². The van der Waals surface area contributed by atoms with Crippen molar-refractivity contribution in [3.63, 3.8) is 0 Å². The molecule has 180 valence electrons. The Morgan fingerprint density at radius 2 is 2.21 bits per heavy atom. The molecule has 2 amide bonds. The Bertz CT molecular complexity index is 1180. The maximum Gasteiger partial charge on any atom is 0.352 e. The number of carboxylic acids is 1. The van der Waals surface area contributed by atoms with Gasteiger partial charge in [0.1, 0.15) is 34.5 Å². The minimum Gasteiger partial charge on any atom is -0.477 e. The average Bonchev–Trinajstić information content (AvgIpc) is 3.44. The van der Waals surface area contributed by atoms with E-state index in [9.17, 15) is 29.6 Å². The summed E-state index contributed by atoms with van der Waals surface area (Å²) in [5, 5.41) is 35.3. The van der Waals surface area contributed by atoms with Gasteiger partial charge < -0.3 is 10.4 Å². The molecule has 0 spiro atoms. The molecule has 13 nitrogen and oxygen atoms in total. The van der Waals surface area contributed by atoms with Crippen molar-refractivity contribution in [1.29, 1.82) is 0 Å². The largest absolute Gasteiger partial charge is 0.477 e. The van der Waals surface area contributed by atoms with E-state index in [0.29, 0.717) is 30.0 Å². The molecule has 2 aromatic heterocycles. The van der Waals surface area contributed by atoms with E-state index in [4.69, 9.17) is 0 Å². The predicted octanol–water partition coefficient (Wildman–Crippen LogP) is 1.26. The highest BCUT2D eigenvalue weighted by Gasteiger charge is 2.54. The third-order valence-corrected chi connectivity index (χ3v) is 8.46. The zero-order chi connectivity index (χ0) is 24.4. The van der Waals surface area contributed by atoms with Gasteiger partial charge in [-0.15, -0.1) is 22.0 Å². The first-order valence-corrected chi connectivity index (χ1v) is 12.9. The first kappa shape index (κ1) is 24.2. The number of aryl methyl sites for hydroxylation is 2. The number of thioether (sulfide) groups is 2. The van der Waals surface area contributed by atoms with Crippen molar-refractivity contribution in [2.24, 2.45) is 0 Å². The first-order chi connectivity index (χ1) is 16.2. The summed E-state index contributed by atoms with van der Waals surface area (Å²) in [6.07, 6.45) is 2.89. The number of nitro groups is 1. The SMILES string of the molecule is Cc1nnc(SCC2=C(C(=O)O)N3C(=O)[C@H](NC(=O)CCCn4cc([N+](=O)[O-])cn4)[C@@H]3SC2)s1. The van der Waals surface area contributed by atoms with Gasteiger partial charge in [0.15, 0.2) is 4.34 Å². The normalized spacial score (nSPS) is 19.6. The van der Waals surface area contributed by atoms with Gasteiger partial charge in [0.05, 0.1) is 4.92 Å². The smallest absolute Gasteiger partial charge is 0.352 e. The van der Waals surface area contributed by atoms with Crippen molar-refractivity contribution in [3.05, 3.63) is 38.8 Å². The summed E-state index contributed by atoms with van der Waals surface area (Å²) in [7, 11) is 0. The van der Waals surface area contributed by atoms with Crippen molar-refractivity contribution in [1.82, 2.24) is 30.2 Å². The number of carbonyl (C=O) groups is 3. The quantitative estimate of drug-likeness (QED) is 0.198. The van der Waals surface area contributed by atoms with Gasteiger partial charge in [-0.2, -0.15) is 5.10 Å². The number of carboxylic acid groups (broad SMARTS) is 1. The number of nitrogens with one attached hydrogen (secondary N) is 1. The highest BCUT2D eigenvalue weighted by Crippen LogP contribution is 2.41. The van der Waals surface area contributed by atoms with Crippen LogP contribution in [0.5, 0.6) is 0 Å². The van der Waals surface area contributed by atoms with Crippen LogP contribution < -0.4 is 5.32 Å². The third kappa shape index (κ3) is 5.07. The van der Waals surface area contributed by atoms with Gasteiger partial charge in [-0.05, 0) is 18.9 Å². The molecule has 2 aliphatic heterocycles. The van der Waals surface area contributed by atoms with Crippen LogP contribution in [0, 0.1) is 17.0 Å². The van der Waals surface area contributed by atoms with Crippen molar-refractivity contribution in [2.75, 3.05) is 11.5 Å². The highest BCUT2D eigenvalue weighted by atomic mass is 32.2. The standard InChI is InChI=1S/C18H19N7O6S3/c1-9-21-22-18(34-9)33-8-10-7-32-16-13(15(27)24(16)14(10)17(28)29)20-12(26)3-2-4-23-6-11(5-19-23)25(30)31/h5-6,13,16H,2-4,7-8H2,1H3,(H,20,26)(H,28,29)/t13-,16-/m0/s1. The summed E-state index contributed by atoms with van der Waals surface area (Å²) in [6, 6.07) is -0.794. The second-order valence-electron chi connectivity index (χ2n) is 7.41. The van der Waals surface area contributed by atoms with E-state index in [1.54, 1.807) is 0 Å². The van der Waals surface area contributed by atoms with Crippen LogP contribution in [-0.4, -0.2) is 75.6 Å². The zero-order valence-electron chi connectivity index (χ0n) is 17.7. The number of amides is 2. The molecule has 34 heavy (non-hydrogen) atoms. The number of aliphatic carboxylic acids is 1. The van der Waals surface area contributed by atoms with Gasteiger partial charge in [0.2, 0.25) is 5.91 Å². The van der Waals surface area contributed by atoms with Crippen LogP contribution in [0.4, 0.5) is 5.69 Å². The number of aromatic nitrogens is 4. The molecular weight excluding hydrogens is 506 g/mol. The molecule has 0 bridgehead atoms. The Kier molecular flexibility index (Phi) is 7.18. The molecule has 0 saturated carbocycles. The predicted molar refractivity (Wildman–Crippen MR) is 123 cm³/mol. The number of carbonyl (C=O) groups excluding carboxylic acids is 2. The Hall–Kier alpha value is -2.98. The molecule has 0 radical (unpaired) electrons. The maximum absolute atomic E-state index is 12.7. The maximum atomic E-state index is 12.7. The molecule has 2 atom stereocenters. The fourth-order valence-corrected chi connectivity index (χ4v) is 6.80. The van der Waals surface area contributed by atoms with Crippen LogP contribution in [0.1, 0.15) is 17.8 Å². The lowest BCUT2D eigenvalue weighted by Gasteiger charge is -2.49. The summed E-state index contributed by atoms with van der Waals surface area (Å²) >= 11 is 4.20. The lowest BCUT2D eigenvalue weighted by atomic mass is 10.0. The summed E-state index contributed by atoms with van der Waals surface area (Å²) in [6.45, 7) is 2.15. The van der Waals surface area contributed by atoms with Gasteiger partial charge in [-0.3, -0.25) is 29.3 Å². The molecule has 0 unspecified atom stereocenters. The second kappa shape index (κ2) is 10.1. The minimum absolute atomic E-state index is 0.0340. The molecule has 1 fully saturated rings. The molecule has 2 aliphatic rings. The molecule has 4 heterocycles. The van der Waals surface area contributed by atoms with Crippen molar-refractivity contribution < 1.29 is 24.4 Å². The van der Waals surface area contributed by atoms with Crippen LogP contribution >= 0.6 is 34.9 Å². The summed E-state index contributed by atoms with van der Waals surface area (Å²) in [5.74, 6) is -1.19. The van der Waals surface area contributed by atoms with Gasteiger partial charge in [0, 0.05) is 24.5 Å². The number of nitrogens with zero attached hydrogens (tertiary/aromatic N) is 6. The van der Waals surface area contributed by atoms with Crippen molar-refractivity contribution >= 4 is 58.3 Å². The summed E-state index contributed by atoms with van der Waals surface area (Å²) < 4.78 is 2.11. The zero-order valence-corrected chi connectivity index (χ0v) is 20.2. The Balaban J connectivity index is 1.31. The van der Waals surface area contributed by atoms with Gasteiger partial charge >= 0.3 is 11.7 Å². The van der Waals surface area contributed by atoms with Gasteiger partial charge in [-0.25, -0.2) is 4.79 Å². The first-order valence-electron chi connectivity index (χ1n) is 10.0. The van der Waals surface area contributed by atoms with E-state index in [0.717, 1.165) is 15.5 Å². The van der Waals surface area contributed by atoms with E-state index in [1.807, 2.05) is 6.92 Å². The monoisotopic (exact) mass is 525 g/mol. The number of fused-ring (bicyclic) bond motifs is 1. The van der Waals surface area contributed by atoms with Crippen LogP contribution in [0.15, 0.2) is 28.0 Å². The van der Waals surface area contributed by atoms with E-state index in [1.165, 1.54) is 50.6 Å². The molecule has 0 aliphatic carbocycles. The lowest BCUT2D eigenvalue weighted by molar-refractivity contribution is -0.385. The van der Waals surface area contributed by atoms with Crippen molar-refractivity contribution in [3.8, 4) is 0 Å². The average molecular weight is 526 g/mol. The van der Waals surface area contributed by atoms with E-state index in [2.05, 4.69) is 20.6 Å². The highest BCUT2D eigenvalue weighted by molar-refractivity contribution is 8.01. The van der Waals surface area contributed by atoms with E-state index >= 15 is 0 Å². The van der Waals surface area contributed by atoms with Gasteiger partial charge in [0.25, 0.3) is 5.91 Å². The fraction of sp³-hybridized carbons (Fsp3) is 0.444. The molecule has 0 aromatic carbocycles. The Morgan fingerprint density at radius 3 is 2.85 bits per heavy atom. The fourth-order valence-electron chi connectivity index (χ4n) is 3.50. The summed E-state index contributed by atoms with van der Waals surface area (Å²) in [5.41, 5.74) is 0.462. The molecular formula is C18H19N7O6S3. The van der Waals surface area contributed by atoms with Crippen LogP contribution in [-0.2, 0) is 20.9 Å². The molecule has 16 heteroatoms. The Labute approximate surface area is 205 Å². The number of hydrogen-bond donors (Lipinski definition) is 2. The van der Waals surface area contributed by atoms with Crippen LogP contribution in [0.25, 0.3) is 0 Å². The van der Waals surface area contributed by atoms with E-state index < -0.39 is 28.2 Å². The number of hydrogen-bond acceptors (Lipinski definition) is 11. The lowest BCUT2D eigenvalue weighted by Crippen LogP contribution is -2.70. The molecule has 2 N–H and O–H groups in total. The van der Waals surface area contributed by atoms with Crippen molar-refractivity contribution in [2.45, 2.75) is 42.1 Å². The topological polar surface area (TPSA) is 173 Å². The molecule has 4 rings (SSSR count). The van der Waals surface area contributed by atoms with Gasteiger partial charge in [-0.1, -0.05) is 23.1 Å². The minimum atomic E-state index is -1.18. The molecule has 1 saturated heterocycles. The number of β-lactam (4-membered cyclic amide) rings is 1. The molecule has 2 aromatic rings. The second-order valence-corrected chi connectivity index (χ2v) is 10.9.